The van der Waals surface area contributed by atoms with Crippen LogP contribution in [0.1, 0.15) is 93.6 Å². The zero-order valence-corrected chi connectivity index (χ0v) is 46.7. The number of methoxy groups -OCH3 is 1. The zero-order valence-electron chi connectivity index (χ0n) is 46.7. The number of aliphatic hydroxyl groups excluding tert-OH is 3. The average molecular weight is 1060 g/mol. The molecule has 0 aliphatic carbocycles. The summed E-state index contributed by atoms with van der Waals surface area (Å²) in [5.41, 5.74) is 2.85. The average Bonchev–Trinajstić information content (AvgIpc) is 3.84. The van der Waals surface area contributed by atoms with Gasteiger partial charge in [-0.25, -0.2) is 0 Å². The van der Waals surface area contributed by atoms with E-state index in [-0.39, 0.29) is 30.1 Å². The van der Waals surface area contributed by atoms with E-state index >= 15 is 4.79 Å². The number of benzene rings is 1. The summed E-state index contributed by atoms with van der Waals surface area (Å²) in [5.74, 6) is -6.76. The lowest BCUT2D eigenvalue weighted by molar-refractivity contribution is -0.169. The maximum Gasteiger partial charge on any atom is 0.315 e. The molecule has 5 aliphatic rings. The number of aliphatic hydroxyl groups is 3. The predicted molar refractivity (Wildman–Crippen MR) is 292 cm³/mol. The van der Waals surface area contributed by atoms with Crippen LogP contribution in [0.15, 0.2) is 100 Å². The highest BCUT2D eigenvalue weighted by Crippen LogP contribution is 2.42. The number of aliphatic imine (C=N–C) groups is 1. The number of hydrogen-bond donors (Lipinski definition) is 6. The first kappa shape index (κ1) is 59.8. The van der Waals surface area contributed by atoms with Gasteiger partial charge in [-0.2, -0.15) is 0 Å². The molecule has 5 aliphatic heterocycles. The number of esters is 1. The van der Waals surface area contributed by atoms with Gasteiger partial charge in [-0.3, -0.25) is 29.1 Å². The minimum Gasteiger partial charge on any atom is -0.461 e. The topological polar surface area (TPSA) is 224 Å². The molecule has 76 heavy (non-hydrogen) atoms. The van der Waals surface area contributed by atoms with Gasteiger partial charge in [0.15, 0.2) is 5.76 Å². The van der Waals surface area contributed by atoms with Gasteiger partial charge in [0.25, 0.3) is 11.7 Å². The number of nitrogens with zero attached hydrogens (tertiary/aromatic N) is 4. The number of piperazine rings is 1. The highest BCUT2D eigenvalue weighted by molar-refractivity contribution is 6.20. The fraction of sp³-hybridized carbons (Fsp3) is 0.603. The maximum atomic E-state index is 15.0. The Labute approximate surface area is 450 Å². The quantitative estimate of drug-likeness (QED) is 0.0882. The lowest BCUT2D eigenvalue weighted by Gasteiger charge is -2.38. The highest BCUT2D eigenvalue weighted by atomic mass is 16.7. The number of allylic oxidation sites excluding steroid dienone is 5. The summed E-state index contributed by atoms with van der Waals surface area (Å²) in [6.45, 7) is 27.3. The molecule has 0 aromatic heterocycles. The number of ketones is 1. The Balaban J connectivity index is 1.30. The second kappa shape index (κ2) is 26.3. The molecule has 9 atom stereocenters. The molecule has 1 aromatic carbocycles. The van der Waals surface area contributed by atoms with E-state index in [9.17, 15) is 29.7 Å². The largest absolute Gasteiger partial charge is 0.461 e. The molecule has 1 aromatic rings. The van der Waals surface area contributed by atoms with Crippen molar-refractivity contribution in [2.75, 3.05) is 71.9 Å². The van der Waals surface area contributed by atoms with Crippen molar-refractivity contribution in [3.8, 4) is 0 Å². The Bertz CT molecular complexity index is 2450. The van der Waals surface area contributed by atoms with Gasteiger partial charge in [-0.1, -0.05) is 78.5 Å². The second-order valence-electron chi connectivity index (χ2n) is 22.2. The number of ether oxygens (including phenoxy) is 4. The van der Waals surface area contributed by atoms with Crippen LogP contribution >= 0.6 is 0 Å². The van der Waals surface area contributed by atoms with Crippen LogP contribution < -0.4 is 16.0 Å². The van der Waals surface area contributed by atoms with Crippen LogP contribution in [0.2, 0.25) is 0 Å². The normalized spacial score (nSPS) is 32.7. The first-order valence-corrected chi connectivity index (χ1v) is 27.0. The van der Waals surface area contributed by atoms with E-state index in [1.54, 1.807) is 71.9 Å². The van der Waals surface area contributed by atoms with Crippen LogP contribution in [-0.4, -0.2) is 162 Å². The molecule has 3 fully saturated rings. The van der Waals surface area contributed by atoms with Crippen LogP contribution in [-0.2, 0) is 44.7 Å². The number of likely N-dealkylation sites (tertiary alicyclic amines) is 1. The first-order valence-electron chi connectivity index (χ1n) is 27.0. The van der Waals surface area contributed by atoms with Crippen LogP contribution in [0.25, 0.3) is 0 Å². The van der Waals surface area contributed by atoms with Crippen molar-refractivity contribution in [1.29, 1.82) is 0 Å². The summed E-state index contributed by atoms with van der Waals surface area (Å²) >= 11 is 0. The lowest BCUT2D eigenvalue weighted by Crippen LogP contribution is -2.49. The van der Waals surface area contributed by atoms with E-state index in [2.05, 4.69) is 58.1 Å². The summed E-state index contributed by atoms with van der Waals surface area (Å²) < 4.78 is 24.8. The van der Waals surface area contributed by atoms with Crippen molar-refractivity contribution in [2.45, 2.75) is 130 Å². The zero-order chi connectivity index (χ0) is 55.6. The minimum atomic E-state index is -2.01. The molecule has 3 saturated heterocycles. The van der Waals surface area contributed by atoms with E-state index in [1.807, 2.05) is 12.1 Å². The van der Waals surface area contributed by atoms with Gasteiger partial charge in [0.1, 0.15) is 18.2 Å². The van der Waals surface area contributed by atoms with E-state index < -0.39 is 89.5 Å². The fourth-order valence-electron chi connectivity index (χ4n) is 10.8. The number of anilines is 1. The van der Waals surface area contributed by atoms with Crippen molar-refractivity contribution in [3.63, 3.8) is 0 Å². The van der Waals surface area contributed by atoms with E-state index in [0.717, 1.165) is 57.9 Å². The number of amides is 2. The van der Waals surface area contributed by atoms with Crippen molar-refractivity contribution in [3.05, 3.63) is 101 Å². The number of carbonyl (C=O) groups is 4. The molecule has 0 unspecified atom stereocenters. The molecule has 18 heteroatoms. The molecule has 6 N–H and O–H groups in total. The van der Waals surface area contributed by atoms with Gasteiger partial charge < -0.3 is 60.0 Å². The van der Waals surface area contributed by atoms with Crippen molar-refractivity contribution >= 4 is 35.0 Å². The number of likely N-dealkylation sites (N-methyl/N-ethyl adjacent to an activating group) is 1. The Morgan fingerprint density at radius 1 is 0.947 bits per heavy atom. The molecule has 1 spiro atoms. The molecule has 418 valence electrons. The van der Waals surface area contributed by atoms with Gasteiger partial charge in [0.2, 0.25) is 5.91 Å². The van der Waals surface area contributed by atoms with Crippen molar-refractivity contribution < 1.29 is 53.4 Å². The van der Waals surface area contributed by atoms with Crippen LogP contribution in [0.3, 0.4) is 0 Å². The van der Waals surface area contributed by atoms with Gasteiger partial charge in [0.05, 0.1) is 47.3 Å². The molecule has 2 amide bonds. The number of Topliss-reactive ketones (excluding diaryl/α,β-unsaturated/α-hetero) is 1. The molecule has 5 heterocycles. The Kier molecular flexibility index (Phi) is 20.6. The van der Waals surface area contributed by atoms with Crippen LogP contribution in [0, 0.1) is 29.6 Å². The second-order valence-corrected chi connectivity index (χ2v) is 22.2. The predicted octanol–water partition coefficient (Wildman–Crippen LogP) is 5.35. The van der Waals surface area contributed by atoms with Crippen molar-refractivity contribution in [2.24, 2.45) is 34.6 Å². The van der Waals surface area contributed by atoms with E-state index in [1.165, 1.54) is 26.4 Å². The molecule has 6 rings (SSSR count). The van der Waals surface area contributed by atoms with E-state index in [0.29, 0.717) is 47.0 Å². The standard InChI is InChI=1S/C58H85N7O11/c1-35(2)33-64-24-22-58(23-25-64)61-41(8)50(62-58)45(20-30-66)49-54-42(9)59-56(72)37(4)15-13-14-36(3)51(69)39(6)52(70)40(7)53(38(5)46(73-12)21-31-74-57(10,76-54)55(49)71)75-48(68)32-47(67)60-44-18-16-43(17-19-44)34-65-28-26-63(11)27-29-65/h13-19,21,31,35-36,38-40,46,51-53,61,66,69-70H,8,20,22-30,32-34H2,1-7,9-12H3,(H,59,72)(H,60,67)/b14-13+,31-21+,37-15-,49-45-,54-42+/t36-,38+,39+,40+,46-,51-,52+,53+,57-/m0/s1. The number of piperidine rings is 1. The summed E-state index contributed by atoms with van der Waals surface area (Å²) in [4.78, 5) is 68.3. The Hall–Kier alpha value is -5.47. The molecular weight excluding hydrogens is 971 g/mol. The fourth-order valence-corrected chi connectivity index (χ4v) is 10.8. The number of hydrogen-bond acceptors (Lipinski definition) is 16. The summed E-state index contributed by atoms with van der Waals surface area (Å²) in [5, 5.41) is 43.3. The molecule has 0 saturated carbocycles. The summed E-state index contributed by atoms with van der Waals surface area (Å²) in [6, 6.07) is 7.52. The third-order valence-corrected chi connectivity index (χ3v) is 15.5. The highest BCUT2D eigenvalue weighted by Gasteiger charge is 2.52. The summed E-state index contributed by atoms with van der Waals surface area (Å²) in [7, 11) is 3.56. The lowest BCUT2D eigenvalue weighted by atomic mass is 9.78. The molecule has 2 bridgehead atoms. The minimum absolute atomic E-state index is 0.00210. The third-order valence-electron chi connectivity index (χ3n) is 15.5. The number of nitrogens with one attached hydrogen (secondary N) is 3. The van der Waals surface area contributed by atoms with Crippen LogP contribution in [0.5, 0.6) is 0 Å². The maximum absolute atomic E-state index is 15.0. The van der Waals surface area contributed by atoms with Gasteiger partial charge >= 0.3 is 11.8 Å². The smallest absolute Gasteiger partial charge is 0.315 e. The van der Waals surface area contributed by atoms with E-state index in [4.69, 9.17) is 23.9 Å². The monoisotopic (exact) mass is 1060 g/mol. The third kappa shape index (κ3) is 14.8. The molecule has 18 nitrogen and oxygen atoms in total. The Morgan fingerprint density at radius 2 is 1.62 bits per heavy atom. The number of carbonyl (C=O) groups excluding carboxylic acids is 4. The van der Waals surface area contributed by atoms with Gasteiger partial charge in [-0.15, -0.1) is 0 Å². The molecule has 0 radical (unpaired) electrons. The summed E-state index contributed by atoms with van der Waals surface area (Å²) in [6.07, 6.45) is 4.29. The van der Waals surface area contributed by atoms with Crippen LogP contribution in [0.4, 0.5) is 5.69 Å². The Morgan fingerprint density at radius 3 is 2.25 bits per heavy atom. The number of fused-ring (bicyclic) bond motifs is 2. The van der Waals surface area contributed by atoms with Gasteiger partial charge in [0, 0.05) is 121 Å². The number of rotatable bonds is 12. The van der Waals surface area contributed by atoms with Gasteiger partial charge in [-0.05, 0) is 62.6 Å². The SMILES string of the molecule is C=C1NC2(CCN(CC(C)C)CC2)N=C1/C(CCO)=C1C(=O)[C@@]2(C)O/C=C/[C@H](OC)[C@@H](C)[C@@H](OC(=O)CC(=O)Nc3ccc(CN4CCN(C)CC4)cc3)[C@H](C)[C@H](O)[C@H](C)[C@@H](O)[C@@H](C)/C=C/C=C(/C)C(=O)N/C(C)=C\1O2. The first-order chi connectivity index (χ1) is 36.0. The van der Waals surface area contributed by atoms with Crippen molar-refractivity contribution in [1.82, 2.24) is 25.3 Å². The molecular formula is C58H85N7O11.